The number of benzene rings is 3. The van der Waals surface area contributed by atoms with Gasteiger partial charge < -0.3 is 5.32 Å². The predicted octanol–water partition coefficient (Wildman–Crippen LogP) is 3.58. The van der Waals surface area contributed by atoms with Gasteiger partial charge in [0.05, 0.1) is 4.90 Å². The highest BCUT2D eigenvalue weighted by Gasteiger charge is 2.28. The molecule has 0 unspecified atom stereocenters. The number of carbonyl (C=O) groups excluding carboxylic acids is 1. The van der Waals surface area contributed by atoms with Crippen LogP contribution in [0.15, 0.2) is 83.8 Å². The Hall–Kier alpha value is -3.07. The lowest BCUT2D eigenvalue weighted by molar-refractivity contribution is 0.102. The lowest BCUT2D eigenvalue weighted by Gasteiger charge is -2.34. The highest BCUT2D eigenvalue weighted by atomic mass is 32.2. The number of anilines is 1. The number of hydrogen-bond donors (Lipinski definition) is 1. The molecule has 6 nitrogen and oxygen atoms in total. The second-order valence-electron chi connectivity index (χ2n) is 7.65. The lowest BCUT2D eigenvalue weighted by atomic mass is 10.1. The van der Waals surface area contributed by atoms with E-state index in [1.807, 2.05) is 12.1 Å². The molecule has 1 amide bonds. The zero-order valence-electron chi connectivity index (χ0n) is 17.4. The van der Waals surface area contributed by atoms with Crippen LogP contribution >= 0.6 is 0 Å². The van der Waals surface area contributed by atoms with Gasteiger partial charge >= 0.3 is 0 Å². The minimum Gasteiger partial charge on any atom is -0.322 e. The molecule has 1 saturated heterocycles. The third-order valence-electron chi connectivity index (χ3n) is 5.42. The van der Waals surface area contributed by atoms with E-state index in [1.165, 1.54) is 16.4 Å². The van der Waals surface area contributed by atoms with Crippen LogP contribution in [0.25, 0.3) is 0 Å². The van der Waals surface area contributed by atoms with Crippen LogP contribution in [0, 0.1) is 5.82 Å². The Morgan fingerprint density at radius 3 is 2.22 bits per heavy atom. The van der Waals surface area contributed by atoms with Crippen molar-refractivity contribution >= 4 is 21.6 Å². The van der Waals surface area contributed by atoms with Crippen LogP contribution in [0.2, 0.25) is 0 Å². The van der Waals surface area contributed by atoms with Gasteiger partial charge in [0, 0.05) is 44.0 Å². The van der Waals surface area contributed by atoms with E-state index in [4.69, 9.17) is 0 Å². The normalized spacial score (nSPS) is 15.4. The van der Waals surface area contributed by atoms with Crippen molar-refractivity contribution < 1.29 is 17.6 Å². The van der Waals surface area contributed by atoms with Gasteiger partial charge in [-0.1, -0.05) is 36.4 Å². The highest BCUT2D eigenvalue weighted by molar-refractivity contribution is 7.89. The molecular weight excluding hydrogens is 429 g/mol. The van der Waals surface area contributed by atoms with Crippen LogP contribution < -0.4 is 5.32 Å². The topological polar surface area (TPSA) is 69.7 Å². The lowest BCUT2D eigenvalue weighted by Crippen LogP contribution is -2.48. The molecule has 3 aromatic carbocycles. The van der Waals surface area contributed by atoms with E-state index >= 15 is 0 Å². The summed E-state index contributed by atoms with van der Waals surface area (Å²) >= 11 is 0. The van der Waals surface area contributed by atoms with Crippen LogP contribution in [-0.4, -0.2) is 49.7 Å². The van der Waals surface area contributed by atoms with Crippen LogP contribution in [0.1, 0.15) is 15.9 Å². The van der Waals surface area contributed by atoms with Crippen molar-refractivity contribution in [3.05, 3.63) is 95.8 Å². The third-order valence-corrected chi connectivity index (χ3v) is 7.33. The van der Waals surface area contributed by atoms with Gasteiger partial charge in [-0.05, 0) is 48.0 Å². The highest BCUT2D eigenvalue weighted by Crippen LogP contribution is 2.18. The molecule has 1 heterocycles. The van der Waals surface area contributed by atoms with Crippen LogP contribution in [-0.2, 0) is 16.6 Å². The van der Waals surface area contributed by atoms with Gasteiger partial charge in [-0.3, -0.25) is 9.69 Å². The summed E-state index contributed by atoms with van der Waals surface area (Å²) in [6, 6.07) is 21.5. The minimum atomic E-state index is -3.46. The Bertz CT molecular complexity index is 1180. The molecule has 0 spiro atoms. The first-order valence-corrected chi connectivity index (χ1v) is 11.8. The number of amides is 1. The summed E-state index contributed by atoms with van der Waals surface area (Å²) in [6.45, 7) is 2.81. The smallest absolute Gasteiger partial charge is 0.255 e. The zero-order valence-corrected chi connectivity index (χ0v) is 18.3. The SMILES string of the molecule is O=C(Nc1cccc(F)c1)c1ccc(CN2CCN(S(=O)(=O)c3ccccc3)CC2)cc1. The molecule has 0 bridgehead atoms. The molecule has 1 aliphatic rings. The van der Waals surface area contributed by atoms with E-state index in [0.29, 0.717) is 48.9 Å². The van der Waals surface area contributed by atoms with Crippen LogP contribution in [0.4, 0.5) is 10.1 Å². The molecule has 1 fully saturated rings. The van der Waals surface area contributed by atoms with Crippen LogP contribution in [0.3, 0.4) is 0 Å². The molecule has 0 aliphatic carbocycles. The van der Waals surface area contributed by atoms with Crippen LogP contribution in [0.5, 0.6) is 0 Å². The first kappa shape index (κ1) is 22.1. The largest absolute Gasteiger partial charge is 0.322 e. The Kier molecular flexibility index (Phi) is 6.64. The van der Waals surface area contributed by atoms with Gasteiger partial charge in [0.2, 0.25) is 10.0 Å². The maximum atomic E-state index is 13.3. The minimum absolute atomic E-state index is 0.304. The fourth-order valence-electron chi connectivity index (χ4n) is 3.66. The Morgan fingerprint density at radius 1 is 0.875 bits per heavy atom. The van der Waals surface area contributed by atoms with Crippen molar-refractivity contribution in [3.63, 3.8) is 0 Å². The van der Waals surface area contributed by atoms with Crippen molar-refractivity contribution in [1.29, 1.82) is 0 Å². The van der Waals surface area contributed by atoms with Crippen molar-refractivity contribution in [2.75, 3.05) is 31.5 Å². The number of rotatable bonds is 6. The van der Waals surface area contributed by atoms with Crippen molar-refractivity contribution in [3.8, 4) is 0 Å². The summed E-state index contributed by atoms with van der Waals surface area (Å²) in [4.78, 5) is 14.9. The second kappa shape index (κ2) is 9.60. The number of hydrogen-bond acceptors (Lipinski definition) is 4. The summed E-state index contributed by atoms with van der Waals surface area (Å²) in [5.74, 6) is -0.711. The Labute approximate surface area is 187 Å². The van der Waals surface area contributed by atoms with E-state index < -0.39 is 15.8 Å². The molecule has 32 heavy (non-hydrogen) atoms. The molecule has 166 valence electrons. The fourth-order valence-corrected chi connectivity index (χ4v) is 5.10. The number of nitrogens with zero attached hydrogens (tertiary/aromatic N) is 2. The summed E-state index contributed by atoms with van der Waals surface area (Å²) < 4.78 is 40.3. The van der Waals surface area contributed by atoms with E-state index in [2.05, 4.69) is 10.2 Å². The van der Waals surface area contributed by atoms with Gasteiger partial charge in [-0.2, -0.15) is 4.31 Å². The Balaban J connectivity index is 1.31. The number of sulfonamides is 1. The standard InChI is InChI=1S/C24H24FN3O3S/c25-21-5-4-6-22(17-21)26-24(29)20-11-9-19(10-12-20)18-27-13-15-28(16-14-27)32(30,31)23-7-2-1-3-8-23/h1-12,17H,13-16,18H2,(H,26,29). The van der Waals surface area contributed by atoms with Gasteiger partial charge in [-0.25, -0.2) is 12.8 Å². The molecule has 0 saturated carbocycles. The van der Waals surface area contributed by atoms with E-state index in [-0.39, 0.29) is 5.91 Å². The van der Waals surface area contributed by atoms with E-state index in [1.54, 1.807) is 54.6 Å². The maximum absolute atomic E-state index is 13.3. The van der Waals surface area contributed by atoms with Gasteiger partial charge in [0.25, 0.3) is 5.91 Å². The average Bonchev–Trinajstić information content (AvgIpc) is 2.80. The molecule has 0 radical (unpaired) electrons. The second-order valence-corrected chi connectivity index (χ2v) is 9.59. The molecular formula is C24H24FN3O3S. The molecule has 4 rings (SSSR count). The molecule has 1 N–H and O–H groups in total. The summed E-state index contributed by atoms with van der Waals surface area (Å²) in [6.07, 6.45) is 0. The van der Waals surface area contributed by atoms with Crippen molar-refractivity contribution in [2.45, 2.75) is 11.4 Å². The number of piperazine rings is 1. The number of carbonyl (C=O) groups is 1. The predicted molar refractivity (Wildman–Crippen MR) is 121 cm³/mol. The molecule has 0 aromatic heterocycles. The first-order chi connectivity index (χ1) is 15.4. The summed E-state index contributed by atoms with van der Waals surface area (Å²) in [5.41, 5.74) is 1.92. The Morgan fingerprint density at radius 2 is 1.56 bits per heavy atom. The van der Waals surface area contributed by atoms with Crippen molar-refractivity contribution in [1.82, 2.24) is 9.21 Å². The fraction of sp³-hybridized carbons (Fsp3) is 0.208. The molecule has 0 atom stereocenters. The zero-order chi connectivity index (χ0) is 22.6. The quantitative estimate of drug-likeness (QED) is 0.619. The van der Waals surface area contributed by atoms with Crippen molar-refractivity contribution in [2.24, 2.45) is 0 Å². The third kappa shape index (κ3) is 5.21. The maximum Gasteiger partial charge on any atom is 0.255 e. The number of halogens is 1. The van der Waals surface area contributed by atoms with Gasteiger partial charge in [0.1, 0.15) is 5.82 Å². The number of nitrogens with one attached hydrogen (secondary N) is 1. The summed E-state index contributed by atoms with van der Waals surface area (Å²) in [5, 5.41) is 2.68. The van der Waals surface area contributed by atoms with Gasteiger partial charge in [0.15, 0.2) is 0 Å². The van der Waals surface area contributed by atoms with Gasteiger partial charge in [-0.15, -0.1) is 0 Å². The molecule has 1 aliphatic heterocycles. The first-order valence-electron chi connectivity index (χ1n) is 10.4. The molecule has 8 heteroatoms. The van der Waals surface area contributed by atoms with E-state index in [0.717, 1.165) is 5.56 Å². The van der Waals surface area contributed by atoms with E-state index in [9.17, 15) is 17.6 Å². The molecule has 3 aromatic rings. The monoisotopic (exact) mass is 453 g/mol. The summed E-state index contributed by atoms with van der Waals surface area (Å²) in [7, 11) is -3.46. The average molecular weight is 454 g/mol.